The predicted molar refractivity (Wildman–Crippen MR) is 130 cm³/mol. The molecule has 0 saturated carbocycles. The molecule has 0 amide bonds. The van der Waals surface area contributed by atoms with Crippen molar-refractivity contribution in [1.29, 1.82) is 0 Å². The summed E-state index contributed by atoms with van der Waals surface area (Å²) in [6.45, 7) is 3.66. The molecule has 1 aromatic heterocycles. The molecule has 10 heteroatoms. The first-order valence-corrected chi connectivity index (χ1v) is 12.9. The number of rotatable bonds is 7. The fourth-order valence-corrected chi connectivity index (χ4v) is 4.49. The van der Waals surface area contributed by atoms with Crippen molar-refractivity contribution in [2.45, 2.75) is 31.0 Å². The SMILES string of the molecule is CC(C)Oc1ccccc1N=C(C=C(N)C(F)(F)F)c1cc(-c2cccc(S(C)(=O)=O)c2)cs1. The van der Waals surface area contributed by atoms with Crippen LogP contribution in [0.3, 0.4) is 0 Å². The highest BCUT2D eigenvalue weighted by molar-refractivity contribution is 7.90. The molecule has 34 heavy (non-hydrogen) atoms. The minimum atomic E-state index is -4.72. The van der Waals surface area contributed by atoms with E-state index < -0.39 is 21.7 Å². The number of aliphatic imine (C=N–C) groups is 1. The van der Waals surface area contributed by atoms with E-state index in [1.54, 1.807) is 47.8 Å². The second-order valence-corrected chi connectivity index (χ2v) is 10.7. The molecule has 0 radical (unpaired) electrons. The van der Waals surface area contributed by atoms with Crippen LogP contribution in [0.15, 0.2) is 81.6 Å². The smallest absolute Gasteiger partial charge is 0.430 e. The Morgan fingerprint density at radius 2 is 1.79 bits per heavy atom. The highest BCUT2D eigenvalue weighted by Crippen LogP contribution is 2.33. The molecule has 0 saturated heterocycles. The van der Waals surface area contributed by atoms with Gasteiger partial charge in [-0.2, -0.15) is 13.2 Å². The van der Waals surface area contributed by atoms with Gasteiger partial charge < -0.3 is 10.5 Å². The number of alkyl halides is 3. The Labute approximate surface area is 200 Å². The molecular weight excluding hydrogens is 485 g/mol. The maximum absolute atomic E-state index is 13.2. The summed E-state index contributed by atoms with van der Waals surface area (Å²) in [5, 5.41) is 1.72. The average Bonchev–Trinajstić information content (AvgIpc) is 3.23. The summed E-state index contributed by atoms with van der Waals surface area (Å²) in [6.07, 6.45) is -2.99. The van der Waals surface area contributed by atoms with Crippen LogP contribution in [0.1, 0.15) is 18.7 Å². The molecule has 0 spiro atoms. The predicted octanol–water partition coefficient (Wildman–Crippen LogP) is 6.13. The van der Waals surface area contributed by atoms with Crippen LogP contribution < -0.4 is 10.5 Å². The van der Waals surface area contributed by atoms with E-state index in [1.807, 2.05) is 13.8 Å². The van der Waals surface area contributed by atoms with Crippen molar-refractivity contribution in [1.82, 2.24) is 0 Å². The van der Waals surface area contributed by atoms with E-state index in [0.717, 1.165) is 12.3 Å². The largest absolute Gasteiger partial charge is 0.489 e. The molecule has 1 heterocycles. The number of benzene rings is 2. The van der Waals surface area contributed by atoms with Crippen LogP contribution in [0.4, 0.5) is 18.9 Å². The van der Waals surface area contributed by atoms with E-state index >= 15 is 0 Å². The van der Waals surface area contributed by atoms with Crippen molar-refractivity contribution in [2.75, 3.05) is 6.26 Å². The zero-order valence-electron chi connectivity index (χ0n) is 18.6. The van der Waals surface area contributed by atoms with Crippen LogP contribution >= 0.6 is 11.3 Å². The minimum absolute atomic E-state index is 0.00477. The summed E-state index contributed by atoms with van der Waals surface area (Å²) < 4.78 is 69.2. The zero-order chi connectivity index (χ0) is 25.1. The Balaban J connectivity index is 2.12. The lowest BCUT2D eigenvalue weighted by Crippen LogP contribution is -2.20. The number of hydrogen-bond donors (Lipinski definition) is 1. The van der Waals surface area contributed by atoms with Crippen molar-refractivity contribution in [3.05, 3.63) is 76.6 Å². The number of sulfone groups is 1. The van der Waals surface area contributed by atoms with Crippen LogP contribution in [-0.4, -0.2) is 32.7 Å². The normalized spacial score (nSPS) is 13.4. The quantitative estimate of drug-likeness (QED) is 0.389. The summed E-state index contributed by atoms with van der Waals surface area (Å²) in [5.74, 6) is 0.423. The van der Waals surface area contributed by atoms with Crippen LogP contribution in [0, 0.1) is 0 Å². The molecule has 0 unspecified atom stereocenters. The van der Waals surface area contributed by atoms with Crippen LogP contribution in [0.2, 0.25) is 0 Å². The molecule has 0 aliphatic heterocycles. The van der Waals surface area contributed by atoms with Crippen molar-refractivity contribution >= 4 is 32.6 Å². The Bertz CT molecular complexity index is 1340. The van der Waals surface area contributed by atoms with Gasteiger partial charge in [-0.05, 0) is 66.8 Å². The third-order valence-corrected chi connectivity index (χ3v) is 6.60. The highest BCUT2D eigenvalue weighted by atomic mass is 32.2. The first-order valence-electron chi connectivity index (χ1n) is 10.1. The molecule has 3 aromatic rings. The van der Waals surface area contributed by atoms with Gasteiger partial charge in [0.25, 0.3) is 0 Å². The van der Waals surface area contributed by atoms with E-state index in [-0.39, 0.29) is 16.7 Å². The number of nitrogens with zero attached hydrogens (tertiary/aromatic N) is 1. The van der Waals surface area contributed by atoms with Gasteiger partial charge in [0.2, 0.25) is 0 Å². The average molecular weight is 509 g/mol. The lowest BCUT2D eigenvalue weighted by atomic mass is 10.1. The summed E-state index contributed by atoms with van der Waals surface area (Å²) in [5.41, 5.74) is 5.63. The Morgan fingerprint density at radius 3 is 2.44 bits per heavy atom. The first-order chi connectivity index (χ1) is 15.8. The van der Waals surface area contributed by atoms with E-state index in [2.05, 4.69) is 4.99 Å². The molecule has 0 fully saturated rings. The molecule has 0 bridgehead atoms. The maximum Gasteiger partial charge on any atom is 0.430 e. The molecule has 5 nitrogen and oxygen atoms in total. The minimum Gasteiger partial charge on any atom is -0.489 e. The topological polar surface area (TPSA) is 81.8 Å². The molecule has 2 aromatic carbocycles. The summed E-state index contributed by atoms with van der Waals surface area (Å²) in [6, 6.07) is 14.8. The fourth-order valence-electron chi connectivity index (χ4n) is 2.95. The monoisotopic (exact) mass is 508 g/mol. The standard InChI is InChI=1S/C24H23F3N2O3S2/c1-15(2)32-21-10-5-4-9-19(21)29-20(13-23(28)24(25,26)27)22-12-17(14-33-22)16-7-6-8-18(11-16)34(3,30)31/h4-15H,28H2,1-3H3. The molecular formula is C24H23F3N2O3S2. The van der Waals surface area contributed by atoms with Crippen LogP contribution in [0.5, 0.6) is 5.75 Å². The van der Waals surface area contributed by atoms with Gasteiger partial charge in [-0.3, -0.25) is 0 Å². The van der Waals surface area contributed by atoms with Crippen molar-refractivity contribution < 1.29 is 26.3 Å². The van der Waals surface area contributed by atoms with Crippen LogP contribution in [0.25, 0.3) is 11.1 Å². The number of allylic oxidation sites excluding steroid dienone is 2. The third kappa shape index (κ3) is 6.48. The first kappa shape index (κ1) is 25.5. The van der Waals surface area contributed by atoms with Gasteiger partial charge in [-0.25, -0.2) is 13.4 Å². The summed E-state index contributed by atoms with van der Waals surface area (Å²) in [4.78, 5) is 5.02. The number of hydrogen-bond acceptors (Lipinski definition) is 6. The molecule has 3 rings (SSSR count). The molecule has 0 atom stereocenters. The Hall–Kier alpha value is -3.11. The van der Waals surface area contributed by atoms with Gasteiger partial charge in [-0.1, -0.05) is 24.3 Å². The fraction of sp³-hybridized carbons (Fsp3) is 0.208. The molecule has 0 aliphatic rings. The van der Waals surface area contributed by atoms with E-state index in [0.29, 0.717) is 27.4 Å². The number of halogens is 3. The van der Waals surface area contributed by atoms with Gasteiger partial charge in [0.15, 0.2) is 9.84 Å². The second-order valence-electron chi connectivity index (χ2n) is 7.73. The van der Waals surface area contributed by atoms with Crippen molar-refractivity contribution in [3.63, 3.8) is 0 Å². The number of nitrogens with two attached hydrogens (primary N) is 1. The Morgan fingerprint density at radius 1 is 1.09 bits per heavy atom. The van der Waals surface area contributed by atoms with E-state index in [1.165, 1.54) is 23.5 Å². The molecule has 0 aliphatic carbocycles. The van der Waals surface area contributed by atoms with Crippen LogP contribution in [-0.2, 0) is 9.84 Å². The third-order valence-electron chi connectivity index (χ3n) is 4.54. The molecule has 2 N–H and O–H groups in total. The lowest BCUT2D eigenvalue weighted by molar-refractivity contribution is -0.0925. The lowest BCUT2D eigenvalue weighted by Gasteiger charge is -2.12. The van der Waals surface area contributed by atoms with Crippen molar-refractivity contribution in [3.8, 4) is 16.9 Å². The number of thiophene rings is 1. The summed E-state index contributed by atoms with van der Waals surface area (Å²) >= 11 is 1.17. The molecule has 180 valence electrons. The summed E-state index contributed by atoms with van der Waals surface area (Å²) in [7, 11) is -3.42. The maximum atomic E-state index is 13.2. The van der Waals surface area contributed by atoms with E-state index in [9.17, 15) is 21.6 Å². The second kappa shape index (κ2) is 10.0. The van der Waals surface area contributed by atoms with Gasteiger partial charge in [-0.15, -0.1) is 11.3 Å². The highest BCUT2D eigenvalue weighted by Gasteiger charge is 2.32. The van der Waals surface area contributed by atoms with E-state index in [4.69, 9.17) is 10.5 Å². The van der Waals surface area contributed by atoms with Gasteiger partial charge in [0.1, 0.15) is 17.1 Å². The Kier molecular flexibility index (Phi) is 7.52. The van der Waals surface area contributed by atoms with Crippen molar-refractivity contribution in [2.24, 2.45) is 10.7 Å². The zero-order valence-corrected chi connectivity index (χ0v) is 20.3. The van der Waals surface area contributed by atoms with Gasteiger partial charge in [0, 0.05) is 6.26 Å². The van der Waals surface area contributed by atoms with Gasteiger partial charge >= 0.3 is 6.18 Å². The number of para-hydroxylation sites is 2. The van der Waals surface area contributed by atoms with Gasteiger partial charge in [0.05, 0.1) is 21.6 Å². The number of ether oxygens (including phenoxy) is 1.